The summed E-state index contributed by atoms with van der Waals surface area (Å²) in [6, 6.07) is 9.27. The van der Waals surface area contributed by atoms with Gasteiger partial charge in [-0.3, -0.25) is 14.2 Å². The van der Waals surface area contributed by atoms with E-state index >= 15 is 0 Å². The summed E-state index contributed by atoms with van der Waals surface area (Å²) in [5, 5.41) is 8.71. The molecule has 2 rings (SSSR count). The molecule has 0 unspecified atom stereocenters. The van der Waals surface area contributed by atoms with Gasteiger partial charge in [-0.25, -0.2) is 4.79 Å². The Morgan fingerprint density at radius 2 is 1.86 bits per heavy atom. The van der Waals surface area contributed by atoms with E-state index < -0.39 is 11.2 Å². The maximum Gasteiger partial charge on any atom is 0.331 e. The van der Waals surface area contributed by atoms with Gasteiger partial charge in [-0.1, -0.05) is 12.1 Å². The number of aryl methyl sites for hydroxylation is 1. The molecule has 0 saturated heterocycles. The molecule has 6 heteroatoms. The van der Waals surface area contributed by atoms with E-state index in [9.17, 15) is 14.4 Å². The highest BCUT2D eigenvalue weighted by atomic mass is 16.2. The van der Waals surface area contributed by atoms with Crippen LogP contribution in [0.3, 0.4) is 0 Å². The zero-order valence-electron chi connectivity index (χ0n) is 11.4. The predicted molar refractivity (Wildman–Crippen MR) is 76.1 cm³/mol. The highest BCUT2D eigenvalue weighted by Crippen LogP contribution is 2.04. The van der Waals surface area contributed by atoms with Gasteiger partial charge in [-0.15, -0.1) is 0 Å². The third kappa shape index (κ3) is 2.98. The van der Waals surface area contributed by atoms with E-state index in [1.54, 1.807) is 6.92 Å². The predicted octanol–water partition coefficient (Wildman–Crippen LogP) is 0.784. The third-order valence-electron chi connectivity index (χ3n) is 3.12. The first-order valence-electron chi connectivity index (χ1n) is 6.40. The largest absolute Gasteiger partial charge is 0.331 e. The number of benzene rings is 1. The Hall–Kier alpha value is -2.94. The molecule has 2 aromatic rings. The van der Waals surface area contributed by atoms with E-state index in [1.807, 2.05) is 6.07 Å². The molecule has 0 radical (unpaired) electrons. The molecule has 0 aliphatic heterocycles. The van der Waals surface area contributed by atoms with Gasteiger partial charge in [0.2, 0.25) is 0 Å². The Bertz CT molecular complexity index is 823. The summed E-state index contributed by atoms with van der Waals surface area (Å²) < 4.78 is 2.26. The van der Waals surface area contributed by atoms with E-state index in [0.717, 1.165) is 4.57 Å². The Morgan fingerprint density at radius 1 is 1.19 bits per heavy atom. The lowest BCUT2D eigenvalue weighted by Gasteiger charge is -2.07. The first-order chi connectivity index (χ1) is 10.1. The van der Waals surface area contributed by atoms with Gasteiger partial charge in [0.05, 0.1) is 18.2 Å². The van der Waals surface area contributed by atoms with Crippen LogP contribution in [0.1, 0.15) is 22.8 Å². The van der Waals surface area contributed by atoms with Gasteiger partial charge in [0.15, 0.2) is 5.78 Å². The fourth-order valence-corrected chi connectivity index (χ4v) is 1.91. The van der Waals surface area contributed by atoms with Gasteiger partial charge in [-0.05, 0) is 19.1 Å². The first-order valence-corrected chi connectivity index (χ1v) is 6.40. The SMILES string of the molecule is CCn1ccc(=O)n(CC(=O)c2ccc(C#N)cc2)c1=O. The maximum atomic E-state index is 12.1. The molecule has 1 heterocycles. The van der Waals surface area contributed by atoms with Crippen molar-refractivity contribution in [1.82, 2.24) is 9.13 Å². The number of carbonyl (C=O) groups is 1. The van der Waals surface area contributed by atoms with Crippen molar-refractivity contribution < 1.29 is 4.79 Å². The topological polar surface area (TPSA) is 84.9 Å². The minimum Gasteiger partial charge on any atom is -0.301 e. The quantitative estimate of drug-likeness (QED) is 0.776. The van der Waals surface area contributed by atoms with Gasteiger partial charge in [0, 0.05) is 24.4 Å². The molecule has 1 aromatic carbocycles. The molecule has 0 bridgehead atoms. The minimum atomic E-state index is -0.508. The van der Waals surface area contributed by atoms with Crippen LogP contribution in [0.25, 0.3) is 0 Å². The molecule has 21 heavy (non-hydrogen) atoms. The monoisotopic (exact) mass is 283 g/mol. The summed E-state index contributed by atoms with van der Waals surface area (Å²) in [6.45, 7) is 1.88. The number of carbonyl (C=O) groups excluding carboxylic acids is 1. The second-order valence-corrected chi connectivity index (χ2v) is 4.42. The number of rotatable bonds is 4. The fraction of sp³-hybridized carbons (Fsp3) is 0.200. The molecule has 0 amide bonds. The molecule has 0 spiro atoms. The lowest BCUT2D eigenvalue weighted by atomic mass is 10.1. The van der Waals surface area contributed by atoms with E-state index in [4.69, 9.17) is 5.26 Å². The minimum absolute atomic E-state index is 0.315. The summed E-state index contributed by atoms with van der Waals surface area (Å²) in [5.41, 5.74) is -0.220. The number of nitriles is 1. The van der Waals surface area contributed by atoms with Crippen molar-refractivity contribution in [3.63, 3.8) is 0 Å². The third-order valence-corrected chi connectivity index (χ3v) is 3.12. The van der Waals surface area contributed by atoms with Crippen LogP contribution in [0.4, 0.5) is 0 Å². The van der Waals surface area contributed by atoms with Crippen LogP contribution in [-0.2, 0) is 13.1 Å². The maximum absolute atomic E-state index is 12.1. The number of ketones is 1. The van der Waals surface area contributed by atoms with Gasteiger partial charge >= 0.3 is 5.69 Å². The van der Waals surface area contributed by atoms with E-state index in [2.05, 4.69) is 0 Å². The molecule has 1 aromatic heterocycles. The molecule has 0 N–H and O–H groups in total. The van der Waals surface area contributed by atoms with Gasteiger partial charge < -0.3 is 4.57 Å². The van der Waals surface area contributed by atoms with Gasteiger partial charge in [0.25, 0.3) is 5.56 Å². The van der Waals surface area contributed by atoms with Crippen molar-refractivity contribution in [1.29, 1.82) is 5.26 Å². The van der Waals surface area contributed by atoms with Crippen LogP contribution in [0.15, 0.2) is 46.1 Å². The summed E-state index contributed by atoms with van der Waals surface area (Å²) >= 11 is 0. The lowest BCUT2D eigenvalue weighted by Crippen LogP contribution is -2.40. The van der Waals surface area contributed by atoms with Crippen molar-refractivity contribution in [2.75, 3.05) is 0 Å². The molecule has 106 valence electrons. The smallest absolute Gasteiger partial charge is 0.301 e. The van der Waals surface area contributed by atoms with Crippen LogP contribution in [0, 0.1) is 11.3 Å². The van der Waals surface area contributed by atoms with Crippen LogP contribution < -0.4 is 11.2 Å². The number of hydrogen-bond acceptors (Lipinski definition) is 4. The van der Waals surface area contributed by atoms with Crippen LogP contribution in [0.2, 0.25) is 0 Å². The Labute approximate surface area is 120 Å². The molecule has 0 fully saturated rings. The summed E-state index contributed by atoms with van der Waals surface area (Å²) in [7, 11) is 0. The zero-order valence-corrected chi connectivity index (χ0v) is 11.4. The Balaban J connectivity index is 2.34. The molecule has 0 saturated carbocycles. The molecular weight excluding hydrogens is 270 g/mol. The van der Waals surface area contributed by atoms with Crippen molar-refractivity contribution in [3.05, 3.63) is 68.5 Å². The normalized spacial score (nSPS) is 10.1. The van der Waals surface area contributed by atoms with Crippen molar-refractivity contribution in [2.45, 2.75) is 20.0 Å². The molecule has 0 atom stereocenters. The lowest BCUT2D eigenvalue weighted by molar-refractivity contribution is 0.0968. The second kappa shape index (κ2) is 6.01. The van der Waals surface area contributed by atoms with Crippen LogP contribution in [-0.4, -0.2) is 14.9 Å². The van der Waals surface area contributed by atoms with E-state index in [0.29, 0.717) is 17.7 Å². The van der Waals surface area contributed by atoms with Crippen molar-refractivity contribution in [3.8, 4) is 6.07 Å². The molecule has 0 aliphatic rings. The van der Waals surface area contributed by atoms with Crippen LogP contribution >= 0.6 is 0 Å². The second-order valence-electron chi connectivity index (χ2n) is 4.42. The highest BCUT2D eigenvalue weighted by Gasteiger charge is 2.11. The number of nitrogens with zero attached hydrogens (tertiary/aromatic N) is 3. The number of aromatic nitrogens is 2. The van der Waals surface area contributed by atoms with Crippen LogP contribution in [0.5, 0.6) is 0 Å². The average molecular weight is 283 g/mol. The summed E-state index contributed by atoms with van der Waals surface area (Å²) in [5.74, 6) is -0.354. The van der Waals surface area contributed by atoms with Gasteiger partial charge in [-0.2, -0.15) is 5.26 Å². The number of hydrogen-bond donors (Lipinski definition) is 0. The summed E-state index contributed by atoms with van der Waals surface area (Å²) in [6.07, 6.45) is 1.41. The summed E-state index contributed by atoms with van der Waals surface area (Å²) in [4.78, 5) is 35.9. The average Bonchev–Trinajstić information content (AvgIpc) is 2.51. The van der Waals surface area contributed by atoms with Gasteiger partial charge in [0.1, 0.15) is 0 Å². The standard InChI is InChI=1S/C15H13N3O3/c1-2-17-8-7-14(20)18(15(17)21)10-13(19)12-5-3-11(9-16)4-6-12/h3-8H,2,10H2,1H3. The van der Waals surface area contributed by atoms with E-state index in [-0.39, 0.29) is 12.3 Å². The first kappa shape index (κ1) is 14.5. The Morgan fingerprint density at radius 3 is 2.43 bits per heavy atom. The zero-order chi connectivity index (χ0) is 15.4. The van der Waals surface area contributed by atoms with Crippen molar-refractivity contribution >= 4 is 5.78 Å². The van der Waals surface area contributed by atoms with Crippen molar-refractivity contribution in [2.24, 2.45) is 0 Å². The van der Waals surface area contributed by atoms with E-state index in [1.165, 1.54) is 41.1 Å². The molecule has 0 aliphatic carbocycles. The molecule has 6 nitrogen and oxygen atoms in total. The Kier molecular flexibility index (Phi) is 4.14. The fourth-order valence-electron chi connectivity index (χ4n) is 1.91. The number of Topliss-reactive ketones (excluding diaryl/α,β-unsaturated/α-hetero) is 1. The highest BCUT2D eigenvalue weighted by molar-refractivity contribution is 5.95. The molecular formula is C15H13N3O3.